The zero-order valence-electron chi connectivity index (χ0n) is 18.0. The third-order valence-corrected chi connectivity index (χ3v) is 6.06. The molecule has 0 amide bonds. The van der Waals surface area contributed by atoms with Gasteiger partial charge in [-0.2, -0.15) is 0 Å². The summed E-state index contributed by atoms with van der Waals surface area (Å²) in [5.41, 5.74) is 2.81. The average Bonchev–Trinajstić information content (AvgIpc) is 2.86. The quantitative estimate of drug-likeness (QED) is 0.494. The van der Waals surface area contributed by atoms with Gasteiger partial charge in [0.15, 0.2) is 6.29 Å². The molecule has 1 N–H and O–H groups in total. The second-order valence-electron chi connectivity index (χ2n) is 8.18. The van der Waals surface area contributed by atoms with Gasteiger partial charge in [0.1, 0.15) is 23.9 Å². The lowest BCUT2D eigenvalue weighted by Gasteiger charge is -2.31. The fourth-order valence-corrected chi connectivity index (χ4v) is 4.42. The minimum atomic E-state index is -0.706. The molecular formula is C27H28O5. The molecule has 0 radical (unpaired) electrons. The van der Waals surface area contributed by atoms with Gasteiger partial charge in [0.05, 0.1) is 12.7 Å². The molecule has 2 aliphatic heterocycles. The molecule has 0 spiro atoms. The lowest BCUT2D eigenvalue weighted by Crippen LogP contribution is -2.24. The minimum Gasteiger partial charge on any atom is -0.491 e. The van der Waals surface area contributed by atoms with Crippen LogP contribution in [-0.4, -0.2) is 31.2 Å². The summed E-state index contributed by atoms with van der Waals surface area (Å²) in [6.45, 7) is 1.73. The van der Waals surface area contributed by atoms with Crippen LogP contribution in [0.15, 0.2) is 72.8 Å². The van der Waals surface area contributed by atoms with Crippen molar-refractivity contribution in [3.63, 3.8) is 0 Å². The van der Waals surface area contributed by atoms with E-state index < -0.39 is 6.10 Å². The zero-order chi connectivity index (χ0) is 21.8. The van der Waals surface area contributed by atoms with Gasteiger partial charge in [-0.1, -0.05) is 48.5 Å². The van der Waals surface area contributed by atoms with E-state index in [-0.39, 0.29) is 12.2 Å². The highest BCUT2D eigenvalue weighted by molar-refractivity contribution is 5.54. The first-order valence-corrected chi connectivity index (χ1v) is 11.3. The lowest BCUT2D eigenvalue weighted by molar-refractivity contribution is -0.165. The molecule has 2 aliphatic rings. The molecule has 0 bridgehead atoms. The predicted octanol–water partition coefficient (Wildman–Crippen LogP) is 5.58. The first-order chi connectivity index (χ1) is 15.8. The molecule has 0 aromatic heterocycles. The maximum atomic E-state index is 11.4. The van der Waals surface area contributed by atoms with Crippen molar-refractivity contribution in [2.75, 3.05) is 19.8 Å². The van der Waals surface area contributed by atoms with E-state index in [9.17, 15) is 5.11 Å². The van der Waals surface area contributed by atoms with Crippen molar-refractivity contribution in [2.24, 2.45) is 0 Å². The van der Waals surface area contributed by atoms with Crippen LogP contribution in [0.4, 0.5) is 0 Å². The zero-order valence-corrected chi connectivity index (χ0v) is 18.0. The van der Waals surface area contributed by atoms with Gasteiger partial charge in [-0.05, 0) is 49.1 Å². The molecule has 3 aromatic carbocycles. The molecule has 2 heterocycles. The number of hydrogen-bond acceptors (Lipinski definition) is 5. The number of aliphatic hydroxyl groups excluding tert-OH is 1. The summed E-state index contributed by atoms with van der Waals surface area (Å²) in [5.74, 6) is 2.13. The van der Waals surface area contributed by atoms with Crippen LogP contribution < -0.4 is 9.47 Å². The molecule has 2 atom stereocenters. The summed E-state index contributed by atoms with van der Waals surface area (Å²) in [5, 5.41) is 11.4. The van der Waals surface area contributed by atoms with Crippen molar-refractivity contribution in [3.8, 4) is 17.2 Å². The number of aliphatic hydroxyl groups is 1. The maximum absolute atomic E-state index is 11.4. The summed E-state index contributed by atoms with van der Waals surface area (Å²) in [6.07, 6.45) is 2.40. The number of para-hydroxylation sites is 2. The first kappa shape index (κ1) is 21.0. The van der Waals surface area contributed by atoms with Gasteiger partial charge in [0, 0.05) is 23.7 Å². The molecule has 1 fully saturated rings. The molecule has 5 rings (SSSR count). The standard InChI is InChI=1S/C27H28O5/c28-27(26-21-7-1-3-9-23(21)32-24-10-4-2-8-22(24)26)19-12-14-20(15-13-19)29-17-18-31-25-11-5-6-16-30-25/h1-4,7-10,12-15,25-28H,5-6,11,16-18H2. The largest absolute Gasteiger partial charge is 0.491 e. The van der Waals surface area contributed by atoms with Gasteiger partial charge in [-0.3, -0.25) is 0 Å². The van der Waals surface area contributed by atoms with Gasteiger partial charge in [-0.25, -0.2) is 0 Å². The summed E-state index contributed by atoms with van der Waals surface area (Å²) >= 11 is 0. The first-order valence-electron chi connectivity index (χ1n) is 11.3. The SMILES string of the molecule is OC(c1ccc(OCCOC2CCCCO2)cc1)C1c2ccccc2Oc2ccccc21. The predicted molar refractivity (Wildman–Crippen MR) is 121 cm³/mol. The second kappa shape index (κ2) is 9.74. The Bertz CT molecular complexity index is 981. The van der Waals surface area contributed by atoms with Crippen molar-refractivity contribution >= 4 is 0 Å². The van der Waals surface area contributed by atoms with Gasteiger partial charge >= 0.3 is 0 Å². The van der Waals surface area contributed by atoms with Gasteiger partial charge in [0.2, 0.25) is 0 Å². The Labute approximate surface area is 188 Å². The summed E-state index contributed by atoms with van der Waals surface area (Å²) in [6, 6.07) is 23.4. The molecule has 5 heteroatoms. The van der Waals surface area contributed by atoms with Crippen molar-refractivity contribution in [1.29, 1.82) is 0 Å². The molecule has 1 saturated heterocycles. The van der Waals surface area contributed by atoms with Crippen LogP contribution >= 0.6 is 0 Å². The highest BCUT2D eigenvalue weighted by Gasteiger charge is 2.33. The van der Waals surface area contributed by atoms with Crippen LogP contribution in [-0.2, 0) is 9.47 Å². The van der Waals surface area contributed by atoms with Crippen molar-refractivity contribution in [1.82, 2.24) is 0 Å². The highest BCUT2D eigenvalue weighted by atomic mass is 16.7. The monoisotopic (exact) mass is 432 g/mol. The number of fused-ring (bicyclic) bond motifs is 2. The molecule has 2 unspecified atom stereocenters. The average molecular weight is 433 g/mol. The fraction of sp³-hybridized carbons (Fsp3) is 0.333. The second-order valence-corrected chi connectivity index (χ2v) is 8.18. The summed E-state index contributed by atoms with van der Waals surface area (Å²) in [4.78, 5) is 0. The fourth-order valence-electron chi connectivity index (χ4n) is 4.42. The van der Waals surface area contributed by atoms with Crippen LogP contribution in [0.25, 0.3) is 0 Å². The Hall–Kier alpha value is -2.86. The lowest BCUT2D eigenvalue weighted by atomic mass is 9.81. The number of ether oxygens (including phenoxy) is 4. The van der Waals surface area contributed by atoms with Crippen LogP contribution in [0.2, 0.25) is 0 Å². The summed E-state index contributed by atoms with van der Waals surface area (Å²) < 4.78 is 23.1. The van der Waals surface area contributed by atoms with Crippen LogP contribution in [0.5, 0.6) is 17.2 Å². The van der Waals surface area contributed by atoms with E-state index in [1.165, 1.54) is 0 Å². The van der Waals surface area contributed by atoms with Crippen molar-refractivity contribution < 1.29 is 24.1 Å². The van der Waals surface area contributed by atoms with E-state index in [1.807, 2.05) is 72.8 Å². The van der Waals surface area contributed by atoms with E-state index in [4.69, 9.17) is 18.9 Å². The Morgan fingerprint density at radius 1 is 0.844 bits per heavy atom. The Kier molecular flexibility index (Phi) is 6.39. The molecule has 166 valence electrons. The van der Waals surface area contributed by atoms with Gasteiger partial charge < -0.3 is 24.1 Å². The molecule has 5 nitrogen and oxygen atoms in total. The molecule has 0 aliphatic carbocycles. The number of rotatable bonds is 7. The normalized spacial score (nSPS) is 18.8. The summed E-state index contributed by atoms with van der Waals surface area (Å²) in [7, 11) is 0. The Balaban J connectivity index is 1.25. The third-order valence-electron chi connectivity index (χ3n) is 6.06. The minimum absolute atomic E-state index is 0.102. The van der Waals surface area contributed by atoms with Crippen molar-refractivity contribution in [3.05, 3.63) is 89.5 Å². The molecule has 3 aromatic rings. The Morgan fingerprint density at radius 3 is 2.19 bits per heavy atom. The maximum Gasteiger partial charge on any atom is 0.157 e. The van der Waals surface area contributed by atoms with Crippen LogP contribution in [0, 0.1) is 0 Å². The molecular weight excluding hydrogens is 404 g/mol. The van der Waals surface area contributed by atoms with E-state index in [0.29, 0.717) is 13.2 Å². The number of benzene rings is 3. The van der Waals surface area contributed by atoms with Crippen LogP contribution in [0.3, 0.4) is 0 Å². The molecule has 0 saturated carbocycles. The van der Waals surface area contributed by atoms with Crippen LogP contribution in [0.1, 0.15) is 48.0 Å². The van der Waals surface area contributed by atoms with E-state index in [1.54, 1.807) is 0 Å². The molecule has 32 heavy (non-hydrogen) atoms. The van der Waals surface area contributed by atoms with Gasteiger partial charge in [-0.15, -0.1) is 0 Å². The van der Waals surface area contributed by atoms with Gasteiger partial charge in [0.25, 0.3) is 0 Å². The van der Waals surface area contributed by atoms with Crippen molar-refractivity contribution in [2.45, 2.75) is 37.6 Å². The smallest absolute Gasteiger partial charge is 0.157 e. The topological polar surface area (TPSA) is 57.2 Å². The third kappa shape index (κ3) is 4.51. The van der Waals surface area contributed by atoms with E-state index >= 15 is 0 Å². The highest BCUT2D eigenvalue weighted by Crippen LogP contribution is 2.49. The Morgan fingerprint density at radius 2 is 1.53 bits per heavy atom. The van der Waals surface area contributed by atoms with E-state index in [2.05, 4.69) is 0 Å². The number of hydrogen-bond donors (Lipinski definition) is 1. The van der Waals surface area contributed by atoms with E-state index in [0.717, 1.165) is 59.8 Å².